The number of carbonyl (C=O) groups is 1. The third kappa shape index (κ3) is 3.31. The first-order chi connectivity index (χ1) is 6.24. The van der Waals surface area contributed by atoms with Crippen LogP contribution in [0.15, 0.2) is 12.2 Å². The first-order valence-corrected chi connectivity index (χ1v) is 5.08. The van der Waals surface area contributed by atoms with E-state index in [9.17, 15) is 4.79 Å². The number of piperidine rings is 1. The molecule has 2 nitrogen and oxygen atoms in total. The Labute approximate surface area is 80.6 Å². The van der Waals surface area contributed by atoms with Crippen LogP contribution in [0.25, 0.3) is 0 Å². The average Bonchev–Trinajstić information content (AvgIpc) is 2.15. The van der Waals surface area contributed by atoms with E-state index in [-0.39, 0.29) is 0 Å². The summed E-state index contributed by atoms with van der Waals surface area (Å²) in [4.78, 5) is 13.5. The van der Waals surface area contributed by atoms with Gasteiger partial charge in [0.1, 0.15) is 5.78 Å². The van der Waals surface area contributed by atoms with Crippen molar-refractivity contribution >= 4 is 5.78 Å². The largest absolute Gasteiger partial charge is 0.300 e. The summed E-state index contributed by atoms with van der Waals surface area (Å²) in [6.45, 7) is 6.96. The van der Waals surface area contributed by atoms with E-state index in [1.54, 1.807) is 6.92 Å². The number of hydrogen-bond acceptors (Lipinski definition) is 2. The minimum atomic E-state index is 0.335. The number of ketones is 1. The minimum absolute atomic E-state index is 0.335. The van der Waals surface area contributed by atoms with Gasteiger partial charge in [0.25, 0.3) is 0 Å². The molecule has 0 radical (unpaired) electrons. The summed E-state index contributed by atoms with van der Waals surface area (Å²) in [6, 6.07) is 0. The number of nitrogens with zero attached hydrogens (tertiary/aromatic N) is 1. The second-order valence-electron chi connectivity index (χ2n) is 3.75. The Morgan fingerprint density at radius 2 is 2.08 bits per heavy atom. The topological polar surface area (TPSA) is 20.3 Å². The molecule has 0 atom stereocenters. The van der Waals surface area contributed by atoms with Crippen LogP contribution in [0.3, 0.4) is 0 Å². The van der Waals surface area contributed by atoms with E-state index in [0.717, 1.165) is 32.5 Å². The fourth-order valence-corrected chi connectivity index (χ4v) is 1.78. The molecule has 13 heavy (non-hydrogen) atoms. The molecule has 1 saturated heterocycles. The quantitative estimate of drug-likeness (QED) is 0.619. The minimum Gasteiger partial charge on any atom is -0.300 e. The summed E-state index contributed by atoms with van der Waals surface area (Å²) < 4.78 is 0. The molecule has 2 heteroatoms. The molecular weight excluding hydrogens is 162 g/mol. The third-order valence-electron chi connectivity index (χ3n) is 2.76. The van der Waals surface area contributed by atoms with Gasteiger partial charge in [-0.15, -0.1) is 0 Å². The number of likely N-dealkylation sites (tertiary alicyclic amines) is 1. The van der Waals surface area contributed by atoms with Crippen molar-refractivity contribution in [1.29, 1.82) is 0 Å². The van der Waals surface area contributed by atoms with E-state index in [1.807, 2.05) is 6.92 Å². The monoisotopic (exact) mass is 181 g/mol. The standard InChI is InChI=1S/C11H19NO/c1-3-4-7-12-8-5-11(6-9-12)10(2)13/h3-4,11H,5-9H2,1-2H3. The van der Waals surface area contributed by atoms with Crippen LogP contribution < -0.4 is 0 Å². The van der Waals surface area contributed by atoms with Gasteiger partial charge in [0, 0.05) is 12.5 Å². The van der Waals surface area contributed by atoms with Gasteiger partial charge < -0.3 is 0 Å². The number of Topliss-reactive ketones (excluding diaryl/α,β-unsaturated/α-hetero) is 1. The van der Waals surface area contributed by atoms with E-state index in [0.29, 0.717) is 11.7 Å². The maximum Gasteiger partial charge on any atom is 0.133 e. The van der Waals surface area contributed by atoms with Crippen molar-refractivity contribution in [2.24, 2.45) is 5.92 Å². The fourth-order valence-electron chi connectivity index (χ4n) is 1.78. The summed E-state index contributed by atoms with van der Waals surface area (Å²) in [5.74, 6) is 0.701. The molecule has 74 valence electrons. The maximum atomic E-state index is 11.1. The van der Waals surface area contributed by atoms with Crippen LogP contribution in [0.5, 0.6) is 0 Å². The average molecular weight is 181 g/mol. The van der Waals surface area contributed by atoms with Crippen LogP contribution in [0.2, 0.25) is 0 Å². The van der Waals surface area contributed by atoms with Gasteiger partial charge in [-0.05, 0) is 39.8 Å². The van der Waals surface area contributed by atoms with E-state index < -0.39 is 0 Å². The zero-order valence-electron chi connectivity index (χ0n) is 8.62. The molecule has 1 aliphatic heterocycles. The number of allylic oxidation sites excluding steroid dienone is 1. The Hall–Kier alpha value is -0.630. The van der Waals surface area contributed by atoms with E-state index in [2.05, 4.69) is 17.1 Å². The number of hydrogen-bond donors (Lipinski definition) is 0. The molecule has 1 fully saturated rings. The summed E-state index contributed by atoms with van der Waals surface area (Å²) >= 11 is 0. The zero-order chi connectivity index (χ0) is 9.68. The van der Waals surface area contributed by atoms with Crippen molar-refractivity contribution in [3.63, 3.8) is 0 Å². The lowest BCUT2D eigenvalue weighted by atomic mass is 9.93. The molecule has 0 aromatic rings. The predicted molar refractivity (Wildman–Crippen MR) is 54.7 cm³/mol. The normalized spacial score (nSPS) is 21.1. The molecule has 0 bridgehead atoms. The van der Waals surface area contributed by atoms with Crippen LogP contribution in [0.1, 0.15) is 26.7 Å². The Morgan fingerprint density at radius 3 is 2.54 bits per heavy atom. The van der Waals surface area contributed by atoms with Gasteiger partial charge in [0.2, 0.25) is 0 Å². The van der Waals surface area contributed by atoms with Gasteiger partial charge in [-0.1, -0.05) is 12.2 Å². The molecule has 0 aromatic heterocycles. The molecule has 0 saturated carbocycles. The Balaban J connectivity index is 2.26. The molecule has 0 spiro atoms. The highest BCUT2D eigenvalue weighted by atomic mass is 16.1. The van der Waals surface area contributed by atoms with Crippen molar-refractivity contribution in [2.75, 3.05) is 19.6 Å². The van der Waals surface area contributed by atoms with Crippen molar-refractivity contribution in [3.05, 3.63) is 12.2 Å². The van der Waals surface area contributed by atoms with Crippen LogP contribution in [-0.4, -0.2) is 30.3 Å². The molecule has 1 heterocycles. The van der Waals surface area contributed by atoms with Crippen LogP contribution >= 0.6 is 0 Å². The molecule has 0 unspecified atom stereocenters. The highest BCUT2D eigenvalue weighted by molar-refractivity contribution is 5.78. The van der Waals surface area contributed by atoms with Gasteiger partial charge in [-0.25, -0.2) is 0 Å². The molecule has 0 aliphatic carbocycles. The first-order valence-electron chi connectivity index (χ1n) is 5.08. The highest BCUT2D eigenvalue weighted by Crippen LogP contribution is 2.17. The van der Waals surface area contributed by atoms with Crippen LogP contribution in [0.4, 0.5) is 0 Å². The van der Waals surface area contributed by atoms with Gasteiger partial charge in [-0.2, -0.15) is 0 Å². The van der Waals surface area contributed by atoms with Gasteiger partial charge in [-0.3, -0.25) is 9.69 Å². The third-order valence-corrected chi connectivity index (χ3v) is 2.76. The fraction of sp³-hybridized carbons (Fsp3) is 0.727. The molecule has 0 aromatic carbocycles. The molecular formula is C11H19NO. The lowest BCUT2D eigenvalue weighted by Crippen LogP contribution is -2.35. The molecule has 0 N–H and O–H groups in total. The summed E-state index contributed by atoms with van der Waals surface area (Å²) in [7, 11) is 0. The van der Waals surface area contributed by atoms with Gasteiger partial charge in [0.05, 0.1) is 0 Å². The Bertz CT molecular complexity index is 190. The number of rotatable bonds is 3. The molecule has 1 rings (SSSR count). The second-order valence-corrected chi connectivity index (χ2v) is 3.75. The van der Waals surface area contributed by atoms with E-state index >= 15 is 0 Å². The molecule has 0 amide bonds. The van der Waals surface area contributed by atoms with Crippen LogP contribution in [-0.2, 0) is 4.79 Å². The van der Waals surface area contributed by atoms with Crippen LogP contribution in [0, 0.1) is 5.92 Å². The van der Waals surface area contributed by atoms with Gasteiger partial charge in [0.15, 0.2) is 0 Å². The van der Waals surface area contributed by atoms with Gasteiger partial charge >= 0.3 is 0 Å². The lowest BCUT2D eigenvalue weighted by Gasteiger charge is -2.29. The highest BCUT2D eigenvalue weighted by Gasteiger charge is 2.21. The predicted octanol–water partition coefficient (Wildman–Crippen LogP) is 1.86. The SMILES string of the molecule is CC=CCN1CCC(C(C)=O)CC1. The lowest BCUT2D eigenvalue weighted by molar-refractivity contribution is -0.122. The second kappa shape index (κ2) is 5.18. The smallest absolute Gasteiger partial charge is 0.133 e. The van der Waals surface area contributed by atoms with Crippen molar-refractivity contribution in [1.82, 2.24) is 4.90 Å². The van der Waals surface area contributed by atoms with E-state index in [1.165, 1.54) is 0 Å². The summed E-state index contributed by atoms with van der Waals surface area (Å²) in [5.41, 5.74) is 0. The number of carbonyl (C=O) groups excluding carboxylic acids is 1. The first kappa shape index (κ1) is 10.5. The maximum absolute atomic E-state index is 11.1. The van der Waals surface area contributed by atoms with E-state index in [4.69, 9.17) is 0 Å². The summed E-state index contributed by atoms with van der Waals surface area (Å²) in [6.07, 6.45) is 6.35. The zero-order valence-corrected chi connectivity index (χ0v) is 8.62. The van der Waals surface area contributed by atoms with Crippen molar-refractivity contribution in [3.8, 4) is 0 Å². The molecule has 1 aliphatic rings. The van der Waals surface area contributed by atoms with Crippen molar-refractivity contribution in [2.45, 2.75) is 26.7 Å². The van der Waals surface area contributed by atoms with Crippen molar-refractivity contribution < 1.29 is 4.79 Å². The summed E-state index contributed by atoms with van der Waals surface area (Å²) in [5, 5.41) is 0. The Morgan fingerprint density at radius 1 is 1.46 bits per heavy atom. The Kier molecular flexibility index (Phi) is 4.16.